The minimum absolute atomic E-state index is 0.362. The van der Waals surface area contributed by atoms with Crippen molar-refractivity contribution >= 4 is 5.91 Å². The van der Waals surface area contributed by atoms with E-state index in [2.05, 4.69) is 0 Å². The summed E-state index contributed by atoms with van der Waals surface area (Å²) in [7, 11) is 0. The predicted molar refractivity (Wildman–Crippen MR) is 68.9 cm³/mol. The number of hydrogen-bond acceptors (Lipinski definition) is 5. The summed E-state index contributed by atoms with van der Waals surface area (Å²) in [5, 5.41) is 29.7. The highest BCUT2D eigenvalue weighted by molar-refractivity contribution is 5.73. The number of hydroxylamine groups is 2. The summed E-state index contributed by atoms with van der Waals surface area (Å²) in [6, 6.07) is 5.69. The van der Waals surface area contributed by atoms with Gasteiger partial charge < -0.3 is 9.84 Å². The second-order valence-corrected chi connectivity index (χ2v) is 5.32. The Labute approximate surface area is 116 Å². The van der Waals surface area contributed by atoms with Crippen molar-refractivity contribution in [3.63, 3.8) is 0 Å². The molecule has 1 unspecified atom stereocenters. The third-order valence-electron chi connectivity index (χ3n) is 3.43. The highest BCUT2D eigenvalue weighted by Gasteiger charge is 2.46. The molecule has 106 valence electrons. The molecule has 0 spiro atoms. The first-order valence-corrected chi connectivity index (χ1v) is 6.17. The third kappa shape index (κ3) is 2.22. The number of aliphatic hydroxyl groups is 1. The lowest BCUT2D eigenvalue weighted by atomic mass is 9.85. The average molecular weight is 276 g/mol. The molecule has 0 saturated carbocycles. The van der Waals surface area contributed by atoms with Crippen molar-refractivity contribution < 1.29 is 19.8 Å². The van der Waals surface area contributed by atoms with Crippen LogP contribution in [0.1, 0.15) is 37.9 Å². The first kappa shape index (κ1) is 14.3. The van der Waals surface area contributed by atoms with E-state index in [0.717, 1.165) is 0 Å². The molecule has 2 N–H and O–H groups in total. The molecule has 0 aliphatic carbocycles. The molecule has 1 amide bonds. The molecule has 1 aliphatic rings. The van der Waals surface area contributed by atoms with Crippen molar-refractivity contribution in [2.75, 3.05) is 0 Å². The molecular weight excluding hydrogens is 260 g/mol. The highest BCUT2D eigenvalue weighted by atomic mass is 16.5. The van der Waals surface area contributed by atoms with Crippen LogP contribution in [0.3, 0.4) is 0 Å². The molecule has 6 nitrogen and oxygen atoms in total. The molecule has 0 aromatic heterocycles. The van der Waals surface area contributed by atoms with Crippen LogP contribution in [-0.2, 0) is 4.79 Å². The van der Waals surface area contributed by atoms with Gasteiger partial charge in [0, 0.05) is 12.5 Å². The van der Waals surface area contributed by atoms with E-state index in [1.807, 2.05) is 6.07 Å². The van der Waals surface area contributed by atoms with E-state index < -0.39 is 23.7 Å². The van der Waals surface area contributed by atoms with Gasteiger partial charge >= 0.3 is 0 Å². The zero-order valence-electron chi connectivity index (χ0n) is 11.5. The summed E-state index contributed by atoms with van der Waals surface area (Å²) in [5.41, 5.74) is -0.197. The zero-order valence-corrected chi connectivity index (χ0v) is 11.5. The molecule has 6 heteroatoms. The van der Waals surface area contributed by atoms with Crippen molar-refractivity contribution in [3.05, 3.63) is 29.3 Å². The van der Waals surface area contributed by atoms with Crippen molar-refractivity contribution in [1.29, 1.82) is 5.26 Å². The first-order chi connectivity index (χ1) is 9.27. The number of rotatable bonds is 1. The van der Waals surface area contributed by atoms with E-state index in [1.165, 1.54) is 13.0 Å². The molecule has 0 fully saturated rings. The van der Waals surface area contributed by atoms with E-state index in [-0.39, 0.29) is 0 Å². The molecule has 20 heavy (non-hydrogen) atoms. The van der Waals surface area contributed by atoms with Gasteiger partial charge in [0.05, 0.1) is 11.6 Å². The molecule has 0 saturated heterocycles. The summed E-state index contributed by atoms with van der Waals surface area (Å²) in [6.07, 6.45) is -1.13. The fourth-order valence-electron chi connectivity index (χ4n) is 2.30. The van der Waals surface area contributed by atoms with Crippen LogP contribution in [0.25, 0.3) is 0 Å². The van der Waals surface area contributed by atoms with Gasteiger partial charge in [-0.25, -0.2) is 5.06 Å². The molecule has 1 aromatic carbocycles. The summed E-state index contributed by atoms with van der Waals surface area (Å²) >= 11 is 0. The van der Waals surface area contributed by atoms with E-state index >= 15 is 0 Å². The van der Waals surface area contributed by atoms with E-state index in [0.29, 0.717) is 21.9 Å². The Morgan fingerprint density at radius 3 is 2.70 bits per heavy atom. The van der Waals surface area contributed by atoms with Gasteiger partial charge in [0.1, 0.15) is 23.5 Å². The monoisotopic (exact) mass is 276 g/mol. The number of carbonyl (C=O) groups is 1. The largest absolute Gasteiger partial charge is 0.485 e. The predicted octanol–water partition coefficient (Wildman–Crippen LogP) is 1.37. The Balaban J connectivity index is 2.60. The number of aliphatic hydroxyl groups excluding tert-OH is 1. The van der Waals surface area contributed by atoms with Crippen LogP contribution >= 0.6 is 0 Å². The molecule has 2 atom stereocenters. The molecule has 0 radical (unpaired) electrons. The number of ether oxygens (including phenoxy) is 1. The van der Waals surface area contributed by atoms with Gasteiger partial charge in [-0.1, -0.05) is 0 Å². The Morgan fingerprint density at radius 2 is 2.15 bits per heavy atom. The molecule has 1 heterocycles. The SMILES string of the molecule is CC(=O)N(O)C1c2cc(C#N)ccc2OC(C)(C)[C@H]1O. The van der Waals surface area contributed by atoms with E-state index in [1.54, 1.807) is 26.0 Å². The smallest absolute Gasteiger partial charge is 0.243 e. The van der Waals surface area contributed by atoms with Gasteiger partial charge in [-0.2, -0.15) is 5.26 Å². The number of fused-ring (bicyclic) bond motifs is 1. The van der Waals surface area contributed by atoms with E-state index in [9.17, 15) is 15.1 Å². The van der Waals surface area contributed by atoms with Gasteiger partial charge in [0.15, 0.2) is 0 Å². The lowest BCUT2D eigenvalue weighted by molar-refractivity contribution is -0.201. The van der Waals surface area contributed by atoms with Crippen LogP contribution in [0, 0.1) is 11.3 Å². The third-order valence-corrected chi connectivity index (χ3v) is 3.43. The van der Waals surface area contributed by atoms with Gasteiger partial charge in [-0.05, 0) is 32.0 Å². The lowest BCUT2D eigenvalue weighted by Crippen LogP contribution is -2.53. The van der Waals surface area contributed by atoms with Crippen LogP contribution in [0.2, 0.25) is 0 Å². The molecule has 1 aromatic rings. The maximum absolute atomic E-state index is 11.4. The second-order valence-electron chi connectivity index (χ2n) is 5.32. The number of carbonyl (C=O) groups excluding carboxylic acids is 1. The van der Waals surface area contributed by atoms with Crippen molar-refractivity contribution in [2.24, 2.45) is 0 Å². The Bertz CT molecular complexity index is 591. The van der Waals surface area contributed by atoms with Crippen molar-refractivity contribution in [2.45, 2.75) is 38.5 Å². The van der Waals surface area contributed by atoms with Gasteiger partial charge in [-0.15, -0.1) is 0 Å². The highest BCUT2D eigenvalue weighted by Crippen LogP contribution is 2.42. The topological polar surface area (TPSA) is 93.8 Å². The minimum Gasteiger partial charge on any atom is -0.485 e. The van der Waals surface area contributed by atoms with Crippen molar-refractivity contribution in [3.8, 4) is 11.8 Å². The van der Waals surface area contributed by atoms with Crippen molar-refractivity contribution in [1.82, 2.24) is 5.06 Å². The van der Waals surface area contributed by atoms with Crippen LogP contribution in [0.5, 0.6) is 5.75 Å². The lowest BCUT2D eigenvalue weighted by Gasteiger charge is -2.44. The summed E-state index contributed by atoms with van der Waals surface area (Å²) in [5.74, 6) is -0.162. The summed E-state index contributed by atoms with van der Waals surface area (Å²) in [4.78, 5) is 11.4. The Hall–Kier alpha value is -2.10. The maximum Gasteiger partial charge on any atom is 0.243 e. The molecule has 0 bridgehead atoms. The van der Waals surface area contributed by atoms with Gasteiger partial charge in [0.2, 0.25) is 5.91 Å². The standard InChI is InChI=1S/C14H16N2O4/c1-8(17)16(19)12-10-6-9(7-15)4-5-11(10)20-14(2,3)13(12)18/h4-6,12-13,18-19H,1-3H3/t12?,13-/m0/s1. The average Bonchev–Trinajstić information content (AvgIpc) is 2.38. The molecule has 1 aliphatic heterocycles. The van der Waals surface area contributed by atoms with Crippen LogP contribution in [0.4, 0.5) is 0 Å². The van der Waals surface area contributed by atoms with Gasteiger partial charge in [-0.3, -0.25) is 10.0 Å². The van der Waals surface area contributed by atoms with Crippen LogP contribution < -0.4 is 4.74 Å². The quantitative estimate of drug-likeness (QED) is 0.597. The van der Waals surface area contributed by atoms with E-state index in [4.69, 9.17) is 10.00 Å². The summed E-state index contributed by atoms with van der Waals surface area (Å²) in [6.45, 7) is 4.53. The Kier molecular flexibility index (Phi) is 3.42. The number of benzene rings is 1. The zero-order chi connectivity index (χ0) is 15.1. The fraction of sp³-hybridized carbons (Fsp3) is 0.429. The molecule has 2 rings (SSSR count). The molecular formula is C14H16N2O4. The maximum atomic E-state index is 11.4. The number of hydrogen-bond donors (Lipinski definition) is 2. The summed E-state index contributed by atoms with van der Waals surface area (Å²) < 4.78 is 5.68. The minimum atomic E-state index is -1.13. The van der Waals surface area contributed by atoms with Crippen LogP contribution in [-0.4, -0.2) is 33.0 Å². The second kappa shape index (κ2) is 4.78. The normalized spacial score (nSPS) is 23.2. The number of nitrogens with zero attached hydrogens (tertiary/aromatic N) is 2. The number of nitriles is 1. The first-order valence-electron chi connectivity index (χ1n) is 6.17. The Morgan fingerprint density at radius 1 is 1.50 bits per heavy atom. The van der Waals surface area contributed by atoms with Crippen LogP contribution in [0.15, 0.2) is 18.2 Å². The fourth-order valence-corrected chi connectivity index (χ4v) is 2.30. The van der Waals surface area contributed by atoms with Gasteiger partial charge in [0.25, 0.3) is 0 Å². The number of amides is 1.